The molecule has 0 saturated carbocycles. The van der Waals surface area contributed by atoms with Crippen LogP contribution in [0.15, 0.2) is 72.8 Å². The van der Waals surface area contributed by atoms with Crippen LogP contribution in [0.3, 0.4) is 0 Å². The molecular weight excluding hydrogens is 422 g/mol. The van der Waals surface area contributed by atoms with Crippen molar-refractivity contribution >= 4 is 23.4 Å². The van der Waals surface area contributed by atoms with E-state index in [0.29, 0.717) is 41.5 Å². The van der Waals surface area contributed by atoms with E-state index in [-0.39, 0.29) is 11.5 Å². The van der Waals surface area contributed by atoms with Gasteiger partial charge in [-0.3, -0.25) is 25.2 Å². The first-order chi connectivity index (χ1) is 16.0. The van der Waals surface area contributed by atoms with Gasteiger partial charge in [-0.25, -0.2) is 0 Å². The topological polar surface area (TPSA) is 106 Å². The maximum Gasteiger partial charge on any atom is 0.269 e. The zero-order chi connectivity index (χ0) is 23.6. The number of hydrogen-bond donors (Lipinski definition) is 3. The first-order valence-corrected chi connectivity index (χ1v) is 10.5. The Labute approximate surface area is 191 Å². The van der Waals surface area contributed by atoms with Gasteiger partial charge >= 0.3 is 0 Å². The van der Waals surface area contributed by atoms with E-state index in [1.165, 1.54) is 6.07 Å². The molecule has 3 rings (SSSR count). The lowest BCUT2D eigenvalue weighted by molar-refractivity contribution is 0.0846. The summed E-state index contributed by atoms with van der Waals surface area (Å²) in [4.78, 5) is 37.3. The second kappa shape index (κ2) is 11.3. The summed E-state index contributed by atoms with van der Waals surface area (Å²) in [5.74, 6) is -0.354. The van der Waals surface area contributed by atoms with Crippen molar-refractivity contribution in [3.63, 3.8) is 0 Å². The molecular formula is C25H25N3O5. The minimum atomic E-state index is -0.532. The summed E-state index contributed by atoms with van der Waals surface area (Å²) >= 11 is 0. The molecule has 0 heterocycles. The van der Waals surface area contributed by atoms with Gasteiger partial charge in [-0.2, -0.15) is 0 Å². The van der Waals surface area contributed by atoms with Crippen molar-refractivity contribution in [3.05, 3.63) is 89.5 Å². The number of anilines is 1. The molecule has 0 aliphatic rings. The first-order valence-electron chi connectivity index (χ1n) is 10.5. The third-order valence-corrected chi connectivity index (χ3v) is 4.51. The van der Waals surface area contributed by atoms with E-state index in [9.17, 15) is 14.4 Å². The highest BCUT2D eigenvalue weighted by Crippen LogP contribution is 2.28. The minimum Gasteiger partial charge on any atom is -0.490 e. The van der Waals surface area contributed by atoms with Crippen LogP contribution in [0, 0.1) is 0 Å². The molecule has 0 bridgehead atoms. The molecule has 0 spiro atoms. The van der Waals surface area contributed by atoms with E-state index >= 15 is 0 Å². The van der Waals surface area contributed by atoms with Crippen LogP contribution >= 0.6 is 0 Å². The van der Waals surface area contributed by atoms with Crippen molar-refractivity contribution in [2.75, 3.05) is 18.5 Å². The smallest absolute Gasteiger partial charge is 0.269 e. The summed E-state index contributed by atoms with van der Waals surface area (Å²) in [5, 5.41) is 2.75. The summed E-state index contributed by atoms with van der Waals surface area (Å²) in [6.45, 7) is 4.57. The molecule has 170 valence electrons. The number of amides is 3. The Hall–Kier alpha value is -4.33. The van der Waals surface area contributed by atoms with Gasteiger partial charge in [-0.1, -0.05) is 24.3 Å². The highest BCUT2D eigenvalue weighted by atomic mass is 16.5. The zero-order valence-electron chi connectivity index (χ0n) is 18.4. The average Bonchev–Trinajstić information content (AvgIpc) is 2.84. The van der Waals surface area contributed by atoms with Gasteiger partial charge in [0.2, 0.25) is 0 Å². The molecule has 33 heavy (non-hydrogen) atoms. The van der Waals surface area contributed by atoms with Gasteiger partial charge in [-0.15, -0.1) is 0 Å². The molecule has 8 heteroatoms. The van der Waals surface area contributed by atoms with Crippen LogP contribution in [-0.4, -0.2) is 30.9 Å². The lowest BCUT2D eigenvalue weighted by Gasteiger charge is -2.13. The Morgan fingerprint density at radius 2 is 1.24 bits per heavy atom. The van der Waals surface area contributed by atoms with E-state index in [1.807, 2.05) is 19.9 Å². The van der Waals surface area contributed by atoms with Gasteiger partial charge in [0.1, 0.15) is 0 Å². The van der Waals surface area contributed by atoms with Crippen molar-refractivity contribution in [1.29, 1.82) is 0 Å². The van der Waals surface area contributed by atoms with Gasteiger partial charge in [0.15, 0.2) is 11.5 Å². The first kappa shape index (κ1) is 23.3. The third kappa shape index (κ3) is 6.33. The molecule has 0 saturated heterocycles. The fourth-order valence-electron chi connectivity index (χ4n) is 2.98. The Morgan fingerprint density at radius 3 is 1.91 bits per heavy atom. The van der Waals surface area contributed by atoms with Crippen LogP contribution in [0.1, 0.15) is 44.9 Å². The number of hydrogen-bond acceptors (Lipinski definition) is 5. The van der Waals surface area contributed by atoms with Crippen LogP contribution in [0.5, 0.6) is 11.5 Å². The molecule has 0 fully saturated rings. The average molecular weight is 447 g/mol. The molecule has 0 radical (unpaired) electrons. The Morgan fingerprint density at radius 1 is 0.636 bits per heavy atom. The molecule has 3 aromatic rings. The molecule has 0 aliphatic heterocycles. The van der Waals surface area contributed by atoms with Crippen LogP contribution in [0.4, 0.5) is 5.69 Å². The van der Waals surface area contributed by atoms with Crippen molar-refractivity contribution in [2.24, 2.45) is 0 Å². The second-order valence-electron chi connectivity index (χ2n) is 6.84. The van der Waals surface area contributed by atoms with Gasteiger partial charge in [0, 0.05) is 22.4 Å². The SMILES string of the molecule is CCOc1ccc(C(=O)NNC(=O)c2cccc(NC(=O)c3ccccc3)c2)cc1OCC. The number of rotatable bonds is 8. The maximum atomic E-state index is 12.5. The van der Waals surface area contributed by atoms with E-state index in [0.717, 1.165) is 0 Å². The summed E-state index contributed by atoms with van der Waals surface area (Å²) in [5.41, 5.74) is 6.28. The predicted octanol–water partition coefficient (Wildman–Crippen LogP) is 3.81. The van der Waals surface area contributed by atoms with E-state index in [1.54, 1.807) is 60.7 Å². The van der Waals surface area contributed by atoms with Gasteiger partial charge < -0.3 is 14.8 Å². The molecule has 8 nitrogen and oxygen atoms in total. The summed E-state index contributed by atoms with van der Waals surface area (Å²) in [6.07, 6.45) is 0. The van der Waals surface area contributed by atoms with Gasteiger partial charge in [0.25, 0.3) is 17.7 Å². The number of hydrazine groups is 1. The third-order valence-electron chi connectivity index (χ3n) is 4.51. The molecule has 0 aliphatic carbocycles. The number of nitrogens with one attached hydrogen (secondary N) is 3. The Balaban J connectivity index is 1.62. The molecule has 3 N–H and O–H groups in total. The van der Waals surface area contributed by atoms with Crippen molar-refractivity contribution in [3.8, 4) is 11.5 Å². The van der Waals surface area contributed by atoms with Crippen LogP contribution < -0.4 is 25.6 Å². The number of carbonyl (C=O) groups excluding carboxylic acids is 3. The van der Waals surface area contributed by atoms with Crippen LogP contribution in [-0.2, 0) is 0 Å². The van der Waals surface area contributed by atoms with Gasteiger partial charge in [0.05, 0.1) is 13.2 Å². The number of ether oxygens (including phenoxy) is 2. The largest absolute Gasteiger partial charge is 0.490 e. The second-order valence-corrected chi connectivity index (χ2v) is 6.84. The monoisotopic (exact) mass is 447 g/mol. The quantitative estimate of drug-likeness (QED) is 0.456. The zero-order valence-corrected chi connectivity index (χ0v) is 18.4. The highest BCUT2D eigenvalue weighted by molar-refractivity contribution is 6.05. The van der Waals surface area contributed by atoms with E-state index < -0.39 is 11.8 Å². The number of carbonyl (C=O) groups is 3. The van der Waals surface area contributed by atoms with E-state index in [2.05, 4.69) is 16.2 Å². The molecule has 3 aromatic carbocycles. The fourth-order valence-corrected chi connectivity index (χ4v) is 2.98. The lowest BCUT2D eigenvalue weighted by atomic mass is 10.1. The Kier molecular flexibility index (Phi) is 8.02. The summed E-state index contributed by atoms with van der Waals surface area (Å²) < 4.78 is 11.0. The molecule has 0 unspecified atom stereocenters. The van der Waals surface area contributed by atoms with E-state index in [4.69, 9.17) is 9.47 Å². The maximum absolute atomic E-state index is 12.5. The van der Waals surface area contributed by atoms with Crippen LogP contribution in [0.2, 0.25) is 0 Å². The fraction of sp³-hybridized carbons (Fsp3) is 0.160. The highest BCUT2D eigenvalue weighted by Gasteiger charge is 2.14. The normalized spacial score (nSPS) is 10.1. The number of benzene rings is 3. The van der Waals surface area contributed by atoms with Crippen molar-refractivity contribution in [1.82, 2.24) is 10.9 Å². The van der Waals surface area contributed by atoms with Gasteiger partial charge in [-0.05, 0) is 62.4 Å². The molecule has 0 aromatic heterocycles. The molecule has 3 amide bonds. The standard InChI is InChI=1S/C25H25N3O5/c1-3-32-21-14-13-19(16-22(21)33-4-2)25(31)28-27-24(30)18-11-8-12-20(15-18)26-23(29)17-9-6-5-7-10-17/h5-16H,3-4H2,1-2H3,(H,26,29)(H,27,30)(H,28,31). The van der Waals surface area contributed by atoms with Crippen molar-refractivity contribution in [2.45, 2.75) is 13.8 Å². The lowest BCUT2D eigenvalue weighted by Crippen LogP contribution is -2.41. The predicted molar refractivity (Wildman–Crippen MR) is 125 cm³/mol. The Bertz CT molecular complexity index is 1130. The van der Waals surface area contributed by atoms with Crippen molar-refractivity contribution < 1.29 is 23.9 Å². The molecule has 0 atom stereocenters. The summed E-state index contributed by atoms with van der Waals surface area (Å²) in [6, 6.07) is 19.9. The van der Waals surface area contributed by atoms with Crippen LogP contribution in [0.25, 0.3) is 0 Å². The summed E-state index contributed by atoms with van der Waals surface area (Å²) in [7, 11) is 0. The minimum absolute atomic E-state index is 0.267.